The fourth-order valence-corrected chi connectivity index (χ4v) is 2.15. The van der Waals surface area contributed by atoms with Crippen molar-refractivity contribution in [2.75, 3.05) is 5.73 Å². The largest absolute Gasteiger partial charge is 0.460 e. The Bertz CT molecular complexity index is 848. The van der Waals surface area contributed by atoms with Gasteiger partial charge in [-0.25, -0.2) is 0 Å². The lowest BCUT2D eigenvalue weighted by Gasteiger charge is -2.18. The number of rotatable bonds is 6. The first-order valence-electron chi connectivity index (χ1n) is 7.84. The molecule has 7 heteroatoms. The summed E-state index contributed by atoms with van der Waals surface area (Å²) < 4.78 is 18.8. The lowest BCUT2D eigenvalue weighted by molar-refractivity contribution is -0.387. The summed E-state index contributed by atoms with van der Waals surface area (Å²) in [5.41, 5.74) is 5.18. The maximum atomic E-state index is 13.5. The van der Waals surface area contributed by atoms with E-state index in [4.69, 9.17) is 10.5 Å². The number of nitro groups is 1. The number of nitrogens with zero attached hydrogens (tertiary/aromatic N) is 1. The Balaban J connectivity index is 2.13. The number of nitro benzene ring substituents is 1. The third kappa shape index (κ3) is 4.66. The van der Waals surface area contributed by atoms with E-state index in [9.17, 15) is 19.3 Å². The van der Waals surface area contributed by atoms with Crippen molar-refractivity contribution < 1.29 is 18.8 Å². The van der Waals surface area contributed by atoms with Gasteiger partial charge in [0.1, 0.15) is 6.61 Å². The molecule has 2 rings (SSSR count). The van der Waals surface area contributed by atoms with Gasteiger partial charge in [0.05, 0.1) is 10.3 Å². The van der Waals surface area contributed by atoms with Crippen LogP contribution in [0, 0.1) is 21.3 Å². The van der Waals surface area contributed by atoms with Crippen molar-refractivity contribution in [3.63, 3.8) is 0 Å². The molecule has 0 amide bonds. The first-order chi connectivity index (χ1) is 12.2. The van der Waals surface area contributed by atoms with Crippen LogP contribution in [-0.2, 0) is 16.1 Å². The standard InChI is InChI=1S/C19H19FN2O4/c1-19(2,18(23)26-12-13-6-4-3-5-7-13)9-8-14-10-17(22(24)25)15(20)11-16(14)21/h3-11H,12,21H2,1-2H3. The van der Waals surface area contributed by atoms with Crippen LogP contribution in [0.1, 0.15) is 25.0 Å². The predicted octanol–water partition coefficient (Wildman–Crippen LogP) is 4.10. The van der Waals surface area contributed by atoms with Crippen LogP contribution in [0.2, 0.25) is 0 Å². The number of nitrogens with two attached hydrogens (primary N) is 1. The zero-order chi connectivity index (χ0) is 19.3. The Kier molecular flexibility index (Phi) is 5.71. The molecule has 0 heterocycles. The molecule has 0 radical (unpaired) electrons. The Morgan fingerprint density at radius 3 is 2.58 bits per heavy atom. The molecule has 0 unspecified atom stereocenters. The van der Waals surface area contributed by atoms with E-state index in [1.54, 1.807) is 13.8 Å². The SMILES string of the molecule is CC(C)(C=Cc1cc([N+](=O)[O-])c(F)cc1N)C(=O)OCc1ccccc1. The minimum atomic E-state index is -1.01. The van der Waals surface area contributed by atoms with Crippen LogP contribution >= 0.6 is 0 Å². The summed E-state index contributed by atoms with van der Waals surface area (Å²) >= 11 is 0. The summed E-state index contributed by atoms with van der Waals surface area (Å²) in [7, 11) is 0. The lowest BCUT2D eigenvalue weighted by Crippen LogP contribution is -2.24. The molecule has 0 aliphatic carbocycles. The molecule has 0 aliphatic rings. The molecule has 26 heavy (non-hydrogen) atoms. The fourth-order valence-electron chi connectivity index (χ4n) is 2.15. The van der Waals surface area contributed by atoms with Crippen molar-refractivity contribution in [2.24, 2.45) is 5.41 Å². The molecular weight excluding hydrogens is 339 g/mol. The van der Waals surface area contributed by atoms with Crippen LogP contribution in [0.15, 0.2) is 48.5 Å². The van der Waals surface area contributed by atoms with Crippen LogP contribution in [0.5, 0.6) is 0 Å². The number of esters is 1. The Morgan fingerprint density at radius 1 is 1.31 bits per heavy atom. The topological polar surface area (TPSA) is 95.5 Å². The van der Waals surface area contributed by atoms with Gasteiger partial charge in [0, 0.05) is 23.4 Å². The molecule has 0 aromatic heterocycles. The minimum absolute atomic E-state index is 0.0396. The smallest absolute Gasteiger partial charge is 0.315 e. The van der Waals surface area contributed by atoms with Crippen molar-refractivity contribution in [3.8, 4) is 0 Å². The molecule has 0 atom stereocenters. The van der Waals surface area contributed by atoms with E-state index in [1.165, 1.54) is 12.2 Å². The van der Waals surface area contributed by atoms with Gasteiger partial charge in [-0.15, -0.1) is 0 Å². The van der Waals surface area contributed by atoms with Crippen molar-refractivity contribution in [2.45, 2.75) is 20.5 Å². The summed E-state index contributed by atoms with van der Waals surface area (Å²) in [5, 5.41) is 10.8. The van der Waals surface area contributed by atoms with Crippen LogP contribution in [0.3, 0.4) is 0 Å². The number of nitrogen functional groups attached to an aromatic ring is 1. The summed E-state index contributed by atoms with van der Waals surface area (Å²) in [6.45, 7) is 3.43. The number of hydrogen-bond donors (Lipinski definition) is 1. The molecule has 0 aliphatic heterocycles. The second-order valence-electron chi connectivity index (χ2n) is 6.31. The number of hydrogen-bond acceptors (Lipinski definition) is 5. The van der Waals surface area contributed by atoms with Crippen molar-refractivity contribution >= 4 is 23.4 Å². The monoisotopic (exact) mass is 358 g/mol. The van der Waals surface area contributed by atoms with Crippen molar-refractivity contribution in [3.05, 3.63) is 75.6 Å². The van der Waals surface area contributed by atoms with Crippen LogP contribution in [0.25, 0.3) is 6.08 Å². The van der Waals surface area contributed by atoms with E-state index in [0.717, 1.165) is 17.7 Å². The Labute approximate surface area is 150 Å². The second-order valence-corrected chi connectivity index (χ2v) is 6.31. The van der Waals surface area contributed by atoms with Gasteiger partial charge in [0.15, 0.2) is 0 Å². The van der Waals surface area contributed by atoms with E-state index in [-0.39, 0.29) is 17.9 Å². The maximum absolute atomic E-state index is 13.5. The zero-order valence-electron chi connectivity index (χ0n) is 14.4. The minimum Gasteiger partial charge on any atom is -0.460 e. The maximum Gasteiger partial charge on any atom is 0.315 e. The molecule has 2 aromatic carbocycles. The van der Waals surface area contributed by atoms with Gasteiger partial charge < -0.3 is 10.5 Å². The number of halogens is 1. The zero-order valence-corrected chi connectivity index (χ0v) is 14.4. The highest BCUT2D eigenvalue weighted by Gasteiger charge is 2.26. The van der Waals surface area contributed by atoms with Gasteiger partial charge in [-0.3, -0.25) is 14.9 Å². The van der Waals surface area contributed by atoms with Crippen molar-refractivity contribution in [1.29, 1.82) is 0 Å². The van der Waals surface area contributed by atoms with Gasteiger partial charge in [-0.1, -0.05) is 42.5 Å². The number of carbonyl (C=O) groups is 1. The average Bonchev–Trinajstić information content (AvgIpc) is 2.59. The first kappa shape index (κ1) is 19.1. The predicted molar refractivity (Wildman–Crippen MR) is 96.5 cm³/mol. The van der Waals surface area contributed by atoms with Crippen LogP contribution in [-0.4, -0.2) is 10.9 Å². The number of anilines is 1. The Morgan fingerprint density at radius 2 is 1.96 bits per heavy atom. The molecule has 0 saturated carbocycles. The fraction of sp³-hybridized carbons (Fsp3) is 0.211. The molecule has 2 N–H and O–H groups in total. The number of benzene rings is 2. The highest BCUT2D eigenvalue weighted by molar-refractivity contribution is 5.80. The summed E-state index contributed by atoms with van der Waals surface area (Å²) in [6, 6.07) is 11.2. The first-order valence-corrected chi connectivity index (χ1v) is 7.84. The van der Waals surface area contributed by atoms with Gasteiger partial charge in [-0.2, -0.15) is 4.39 Å². The third-order valence-corrected chi connectivity index (χ3v) is 3.77. The second kappa shape index (κ2) is 7.77. The summed E-state index contributed by atoms with van der Waals surface area (Å²) in [5.74, 6) is -1.47. The highest BCUT2D eigenvalue weighted by atomic mass is 19.1. The van der Waals surface area contributed by atoms with Gasteiger partial charge in [0.25, 0.3) is 0 Å². The number of carbonyl (C=O) groups excluding carboxylic acids is 1. The molecule has 0 saturated heterocycles. The van der Waals surface area contributed by atoms with E-state index < -0.39 is 27.8 Å². The van der Waals surface area contributed by atoms with Crippen molar-refractivity contribution in [1.82, 2.24) is 0 Å². The van der Waals surface area contributed by atoms with Gasteiger partial charge >= 0.3 is 11.7 Å². The lowest BCUT2D eigenvalue weighted by atomic mass is 9.92. The molecule has 0 fully saturated rings. The van der Waals surface area contributed by atoms with Gasteiger partial charge in [-0.05, 0) is 19.4 Å². The third-order valence-electron chi connectivity index (χ3n) is 3.77. The van der Waals surface area contributed by atoms with E-state index in [1.807, 2.05) is 30.3 Å². The molecule has 136 valence electrons. The molecule has 0 spiro atoms. The normalized spacial score (nSPS) is 11.5. The summed E-state index contributed by atoms with van der Waals surface area (Å²) in [6.07, 6.45) is 2.97. The van der Waals surface area contributed by atoms with E-state index in [2.05, 4.69) is 0 Å². The summed E-state index contributed by atoms with van der Waals surface area (Å²) in [4.78, 5) is 22.3. The molecule has 2 aromatic rings. The molecule has 0 bridgehead atoms. The highest BCUT2D eigenvalue weighted by Crippen LogP contribution is 2.27. The quantitative estimate of drug-likeness (QED) is 0.363. The average molecular weight is 358 g/mol. The Hall–Kier alpha value is -3.22. The molecule has 6 nitrogen and oxygen atoms in total. The van der Waals surface area contributed by atoms with E-state index >= 15 is 0 Å². The van der Waals surface area contributed by atoms with Gasteiger partial charge in [0.2, 0.25) is 5.82 Å². The van der Waals surface area contributed by atoms with E-state index in [0.29, 0.717) is 0 Å². The van der Waals surface area contributed by atoms with Crippen LogP contribution in [0.4, 0.5) is 15.8 Å². The van der Waals surface area contributed by atoms with Crippen LogP contribution < -0.4 is 5.73 Å². The number of ether oxygens (including phenoxy) is 1. The molecular formula is C19H19FN2O4.